The highest BCUT2D eigenvalue weighted by Crippen LogP contribution is 2.26. The molecule has 0 unspecified atom stereocenters. The lowest BCUT2D eigenvalue weighted by Gasteiger charge is -2.25. The predicted octanol–water partition coefficient (Wildman–Crippen LogP) is 3.44. The maximum Gasteiger partial charge on any atom is 0.340 e. The first-order chi connectivity index (χ1) is 11.6. The first-order valence-corrected chi connectivity index (χ1v) is 8.60. The van der Waals surface area contributed by atoms with E-state index in [0.29, 0.717) is 5.56 Å². The van der Waals surface area contributed by atoms with Gasteiger partial charge in [-0.05, 0) is 25.8 Å². The smallest absolute Gasteiger partial charge is 0.340 e. The van der Waals surface area contributed by atoms with E-state index in [9.17, 15) is 9.59 Å². The van der Waals surface area contributed by atoms with Crippen molar-refractivity contribution in [1.82, 2.24) is 9.88 Å². The number of amides is 1. The molecule has 5 heteroatoms. The van der Waals surface area contributed by atoms with Gasteiger partial charge in [-0.3, -0.25) is 4.79 Å². The molecule has 2 aromatic rings. The van der Waals surface area contributed by atoms with Crippen LogP contribution in [0.25, 0.3) is 10.9 Å². The van der Waals surface area contributed by atoms with Gasteiger partial charge in [-0.1, -0.05) is 37.5 Å². The summed E-state index contributed by atoms with van der Waals surface area (Å²) in [6.07, 6.45) is 7.45. The molecule has 1 aromatic heterocycles. The van der Waals surface area contributed by atoms with Gasteiger partial charge < -0.3 is 14.6 Å². The van der Waals surface area contributed by atoms with Gasteiger partial charge in [0.2, 0.25) is 5.91 Å². The highest BCUT2D eigenvalue weighted by Gasteiger charge is 2.24. The van der Waals surface area contributed by atoms with Crippen LogP contribution in [0.1, 0.15) is 55.4 Å². The van der Waals surface area contributed by atoms with Gasteiger partial charge in [0.05, 0.1) is 12.7 Å². The molecular weight excluding hydrogens is 304 g/mol. The Labute approximate surface area is 142 Å². The number of ether oxygens (including phenoxy) is 1. The predicted molar refractivity (Wildman–Crippen MR) is 93.0 cm³/mol. The van der Waals surface area contributed by atoms with Gasteiger partial charge in [0.25, 0.3) is 0 Å². The minimum atomic E-state index is -0.384. The van der Waals surface area contributed by atoms with E-state index in [1.54, 1.807) is 6.20 Å². The van der Waals surface area contributed by atoms with Crippen LogP contribution in [-0.2, 0) is 9.53 Å². The average molecular weight is 328 g/mol. The summed E-state index contributed by atoms with van der Waals surface area (Å²) in [7, 11) is 1.37. The van der Waals surface area contributed by atoms with Crippen molar-refractivity contribution in [3.05, 3.63) is 36.0 Å². The molecule has 1 heterocycles. The van der Waals surface area contributed by atoms with Crippen molar-refractivity contribution in [2.75, 3.05) is 7.11 Å². The molecule has 0 bridgehead atoms. The average Bonchev–Trinajstić information content (AvgIpc) is 3.01. The summed E-state index contributed by atoms with van der Waals surface area (Å²) < 4.78 is 6.73. The molecule has 1 atom stereocenters. The Morgan fingerprint density at radius 3 is 2.62 bits per heavy atom. The number of para-hydroxylation sites is 1. The number of hydrogen-bond acceptors (Lipinski definition) is 3. The fourth-order valence-electron chi connectivity index (χ4n) is 3.49. The van der Waals surface area contributed by atoms with E-state index in [1.165, 1.54) is 26.4 Å². The number of rotatable bonds is 4. The zero-order valence-electron chi connectivity index (χ0n) is 14.2. The number of hydrogen-bond donors (Lipinski definition) is 1. The number of nitrogens with one attached hydrogen (secondary N) is 1. The molecule has 1 aromatic carbocycles. The van der Waals surface area contributed by atoms with Gasteiger partial charge >= 0.3 is 5.97 Å². The van der Waals surface area contributed by atoms with Crippen LogP contribution in [0.4, 0.5) is 0 Å². The lowest BCUT2D eigenvalue weighted by molar-refractivity contribution is -0.124. The number of carbonyl (C=O) groups excluding carboxylic acids is 2. The Bertz CT molecular complexity index is 744. The van der Waals surface area contributed by atoms with Gasteiger partial charge in [0.1, 0.15) is 6.04 Å². The highest BCUT2D eigenvalue weighted by molar-refractivity contribution is 6.04. The number of aromatic nitrogens is 1. The Morgan fingerprint density at radius 1 is 1.21 bits per heavy atom. The van der Waals surface area contributed by atoms with E-state index in [1.807, 2.05) is 35.8 Å². The molecule has 1 saturated carbocycles. The quantitative estimate of drug-likeness (QED) is 0.875. The molecule has 1 aliphatic carbocycles. The molecule has 1 aliphatic rings. The van der Waals surface area contributed by atoms with E-state index in [-0.39, 0.29) is 24.0 Å². The highest BCUT2D eigenvalue weighted by atomic mass is 16.5. The second-order valence-corrected chi connectivity index (χ2v) is 6.48. The third-order valence-corrected chi connectivity index (χ3v) is 4.89. The van der Waals surface area contributed by atoms with Crippen molar-refractivity contribution >= 4 is 22.8 Å². The minimum Gasteiger partial charge on any atom is -0.465 e. The largest absolute Gasteiger partial charge is 0.465 e. The van der Waals surface area contributed by atoms with Gasteiger partial charge in [0, 0.05) is 23.1 Å². The second-order valence-electron chi connectivity index (χ2n) is 6.48. The zero-order chi connectivity index (χ0) is 17.1. The third-order valence-electron chi connectivity index (χ3n) is 4.89. The SMILES string of the molecule is COC(=O)c1cn([C@@H](C)C(=O)NC2CCCCC2)c2ccccc12. The summed E-state index contributed by atoms with van der Waals surface area (Å²) >= 11 is 0. The molecular formula is C19H24N2O3. The van der Waals surface area contributed by atoms with Crippen LogP contribution in [0.5, 0.6) is 0 Å². The summed E-state index contributed by atoms with van der Waals surface area (Å²) in [6.45, 7) is 1.87. The molecule has 0 radical (unpaired) electrons. The van der Waals surface area contributed by atoms with Crippen molar-refractivity contribution in [2.24, 2.45) is 0 Å². The van der Waals surface area contributed by atoms with E-state index in [2.05, 4.69) is 5.32 Å². The van der Waals surface area contributed by atoms with Crippen LogP contribution in [-0.4, -0.2) is 29.6 Å². The van der Waals surface area contributed by atoms with Crippen molar-refractivity contribution in [3.8, 4) is 0 Å². The van der Waals surface area contributed by atoms with Crippen LogP contribution in [0.2, 0.25) is 0 Å². The molecule has 0 aliphatic heterocycles. The molecule has 5 nitrogen and oxygen atoms in total. The number of methoxy groups -OCH3 is 1. The van der Waals surface area contributed by atoms with Crippen LogP contribution < -0.4 is 5.32 Å². The van der Waals surface area contributed by atoms with Crippen molar-refractivity contribution in [3.63, 3.8) is 0 Å². The monoisotopic (exact) mass is 328 g/mol. The Morgan fingerprint density at radius 2 is 1.92 bits per heavy atom. The van der Waals surface area contributed by atoms with Gasteiger partial charge in [-0.2, -0.15) is 0 Å². The first-order valence-electron chi connectivity index (χ1n) is 8.60. The number of carbonyl (C=O) groups is 2. The third kappa shape index (κ3) is 3.16. The Kier molecular flexibility index (Phi) is 4.88. The summed E-state index contributed by atoms with van der Waals surface area (Å²) in [5, 5.41) is 3.97. The van der Waals surface area contributed by atoms with Crippen molar-refractivity contribution in [1.29, 1.82) is 0 Å². The lowest BCUT2D eigenvalue weighted by atomic mass is 9.95. The molecule has 0 saturated heterocycles. The maximum absolute atomic E-state index is 12.7. The Hall–Kier alpha value is -2.30. The van der Waals surface area contributed by atoms with Gasteiger partial charge in [-0.25, -0.2) is 4.79 Å². The van der Waals surface area contributed by atoms with Crippen LogP contribution in [0, 0.1) is 0 Å². The van der Waals surface area contributed by atoms with Crippen molar-refractivity contribution < 1.29 is 14.3 Å². The molecule has 1 fully saturated rings. The van der Waals surface area contributed by atoms with E-state index in [0.717, 1.165) is 23.7 Å². The van der Waals surface area contributed by atoms with E-state index >= 15 is 0 Å². The topological polar surface area (TPSA) is 60.3 Å². The van der Waals surface area contributed by atoms with Gasteiger partial charge in [-0.15, -0.1) is 0 Å². The molecule has 0 spiro atoms. The Balaban J connectivity index is 1.87. The van der Waals surface area contributed by atoms with Crippen molar-refractivity contribution in [2.45, 2.75) is 51.1 Å². The van der Waals surface area contributed by atoms with Crippen LogP contribution in [0.3, 0.4) is 0 Å². The molecule has 24 heavy (non-hydrogen) atoms. The summed E-state index contributed by atoms with van der Waals surface area (Å²) in [6, 6.07) is 7.49. The second kappa shape index (κ2) is 7.07. The summed E-state index contributed by atoms with van der Waals surface area (Å²) in [5.74, 6) is -0.385. The van der Waals surface area contributed by atoms with E-state index in [4.69, 9.17) is 4.74 Å². The van der Waals surface area contributed by atoms with Gasteiger partial charge in [0.15, 0.2) is 0 Å². The van der Waals surface area contributed by atoms with Crippen LogP contribution in [0.15, 0.2) is 30.5 Å². The minimum absolute atomic E-state index is 0.000862. The fourth-order valence-corrected chi connectivity index (χ4v) is 3.49. The number of fused-ring (bicyclic) bond motifs is 1. The number of nitrogens with zero attached hydrogens (tertiary/aromatic N) is 1. The molecule has 1 N–H and O–H groups in total. The lowest BCUT2D eigenvalue weighted by Crippen LogP contribution is -2.39. The zero-order valence-corrected chi connectivity index (χ0v) is 14.2. The maximum atomic E-state index is 12.7. The molecule has 1 amide bonds. The number of benzene rings is 1. The molecule has 128 valence electrons. The fraction of sp³-hybridized carbons (Fsp3) is 0.474. The molecule has 3 rings (SSSR count). The first kappa shape index (κ1) is 16.6. The summed E-state index contributed by atoms with van der Waals surface area (Å²) in [5.41, 5.74) is 1.36. The standard InChI is InChI=1S/C19H24N2O3/c1-13(18(22)20-14-8-4-3-5-9-14)21-12-16(19(23)24-2)15-10-6-7-11-17(15)21/h6-7,10-14H,3-5,8-9H2,1-2H3,(H,20,22)/t13-/m0/s1. The summed E-state index contributed by atoms with van der Waals surface area (Å²) in [4.78, 5) is 24.7. The van der Waals surface area contributed by atoms with Crippen LogP contribution >= 0.6 is 0 Å². The number of esters is 1. The van der Waals surface area contributed by atoms with E-state index < -0.39 is 0 Å². The normalized spacial score (nSPS) is 16.8.